The fraction of sp³-hybridized carbons (Fsp3) is 0.333. The van der Waals surface area contributed by atoms with E-state index in [0.29, 0.717) is 6.07 Å². The number of nitrogens with one attached hydrogen (secondary N) is 2. The summed E-state index contributed by atoms with van der Waals surface area (Å²) in [6.07, 6.45) is -6.41. The molecule has 2 aromatic carbocycles. The van der Waals surface area contributed by atoms with Crippen molar-refractivity contribution in [2.24, 2.45) is 0 Å². The van der Waals surface area contributed by atoms with Crippen molar-refractivity contribution >= 4 is 34.8 Å². The molecule has 0 heterocycles. The summed E-state index contributed by atoms with van der Waals surface area (Å²) in [5.41, 5.74) is -2.39. The number of carbonyl (C=O) groups is 3. The molecule has 0 aliphatic carbocycles. The van der Waals surface area contributed by atoms with Crippen molar-refractivity contribution in [2.45, 2.75) is 39.0 Å². The number of benzene rings is 2. The fourth-order valence-electron chi connectivity index (χ4n) is 3.01. The van der Waals surface area contributed by atoms with Crippen molar-refractivity contribution in [3.05, 3.63) is 53.1 Å². The molecule has 0 unspecified atom stereocenters. The highest BCUT2D eigenvalue weighted by atomic mass is 19.4. The molecule has 2 N–H and O–H groups in total. The molecule has 2 amide bonds. The molecule has 0 aliphatic heterocycles. The Bertz CT molecular complexity index is 1180. The van der Waals surface area contributed by atoms with E-state index in [0.717, 1.165) is 6.07 Å². The quantitative estimate of drug-likeness (QED) is 0.425. The average Bonchev–Trinajstić information content (AvgIpc) is 2.72. The lowest BCUT2D eigenvalue weighted by molar-refractivity contribution is -0.137. The third kappa shape index (κ3) is 7.74. The number of amides is 2. The Balaban J connectivity index is 2.41. The first-order chi connectivity index (χ1) is 16.1. The van der Waals surface area contributed by atoms with Gasteiger partial charge < -0.3 is 15.0 Å². The third-order valence-electron chi connectivity index (χ3n) is 4.47. The van der Waals surface area contributed by atoms with Gasteiger partial charge in [0, 0.05) is 19.7 Å². The molecule has 35 heavy (non-hydrogen) atoms. The molecular weight excluding hydrogens is 465 g/mol. The van der Waals surface area contributed by atoms with E-state index in [-0.39, 0.29) is 28.2 Å². The maximum atomic E-state index is 13.7. The summed E-state index contributed by atoms with van der Waals surface area (Å²) in [4.78, 5) is 38.5. The van der Waals surface area contributed by atoms with Crippen LogP contribution in [0.1, 0.15) is 48.7 Å². The van der Waals surface area contributed by atoms with Gasteiger partial charge in [-0.05, 0) is 45.0 Å². The highest BCUT2D eigenvalue weighted by Gasteiger charge is 2.36. The van der Waals surface area contributed by atoms with Crippen LogP contribution in [0, 0.1) is 11.3 Å². The number of rotatable bonds is 6. The standard InChI is InChI=1S/C24H25F3N4O4/c1-23(2,3)35-22(34)30-18-11-19(31(4)5)16(24(25,26)27)10-17(18)29-21(33)12-20(32)15-8-6-7-14(9-15)13-28/h6-11H,12H2,1-5H3,(H,29,33)(H,30,34). The van der Waals surface area contributed by atoms with Crippen LogP contribution in [0.5, 0.6) is 0 Å². The summed E-state index contributed by atoms with van der Waals surface area (Å²) in [5.74, 6) is -1.54. The van der Waals surface area contributed by atoms with Gasteiger partial charge in [-0.2, -0.15) is 18.4 Å². The zero-order chi connectivity index (χ0) is 26.6. The van der Waals surface area contributed by atoms with Crippen LogP contribution >= 0.6 is 0 Å². The van der Waals surface area contributed by atoms with Crippen molar-refractivity contribution in [1.82, 2.24) is 0 Å². The lowest BCUT2D eigenvalue weighted by Crippen LogP contribution is -2.28. The Kier molecular flexibility index (Phi) is 8.12. The summed E-state index contributed by atoms with van der Waals surface area (Å²) in [7, 11) is 2.79. The molecule has 0 saturated heterocycles. The van der Waals surface area contributed by atoms with Gasteiger partial charge >= 0.3 is 12.3 Å². The number of ether oxygens (including phenoxy) is 1. The first kappa shape index (κ1) is 27.2. The Morgan fingerprint density at radius 2 is 1.66 bits per heavy atom. The van der Waals surface area contributed by atoms with Crippen molar-refractivity contribution in [2.75, 3.05) is 29.6 Å². The number of anilines is 3. The zero-order valence-corrected chi connectivity index (χ0v) is 19.8. The number of hydrogen-bond donors (Lipinski definition) is 2. The number of alkyl halides is 3. The molecule has 0 aromatic heterocycles. The zero-order valence-electron chi connectivity index (χ0n) is 19.8. The minimum atomic E-state index is -4.77. The molecule has 0 spiro atoms. The smallest absolute Gasteiger partial charge is 0.418 e. The van der Waals surface area contributed by atoms with Gasteiger partial charge in [-0.3, -0.25) is 14.9 Å². The third-order valence-corrected chi connectivity index (χ3v) is 4.47. The van der Waals surface area contributed by atoms with Crippen molar-refractivity contribution in [3.8, 4) is 6.07 Å². The second-order valence-corrected chi connectivity index (χ2v) is 8.77. The van der Waals surface area contributed by atoms with Crippen LogP contribution in [0.3, 0.4) is 0 Å². The molecule has 0 bridgehead atoms. The highest BCUT2D eigenvalue weighted by molar-refractivity contribution is 6.12. The van der Waals surface area contributed by atoms with E-state index in [9.17, 15) is 27.6 Å². The van der Waals surface area contributed by atoms with Crippen molar-refractivity contribution < 1.29 is 32.3 Å². The molecule has 0 radical (unpaired) electrons. The van der Waals surface area contributed by atoms with Crippen LogP contribution in [0.15, 0.2) is 36.4 Å². The SMILES string of the molecule is CN(C)c1cc(NC(=O)OC(C)(C)C)c(NC(=O)CC(=O)c2cccc(C#N)c2)cc1C(F)(F)F. The van der Waals surface area contributed by atoms with E-state index in [1.807, 2.05) is 6.07 Å². The topological polar surface area (TPSA) is 112 Å². The molecule has 2 rings (SSSR count). The number of nitrogens with zero attached hydrogens (tertiary/aromatic N) is 2. The van der Waals surface area contributed by atoms with Gasteiger partial charge in [-0.1, -0.05) is 12.1 Å². The maximum absolute atomic E-state index is 13.7. The Hall–Kier alpha value is -4.07. The lowest BCUT2D eigenvalue weighted by atomic mass is 10.0. The van der Waals surface area contributed by atoms with Gasteiger partial charge in [-0.15, -0.1) is 0 Å². The van der Waals surface area contributed by atoms with Gasteiger partial charge in [-0.25, -0.2) is 4.79 Å². The summed E-state index contributed by atoms with van der Waals surface area (Å²) < 4.78 is 46.3. The monoisotopic (exact) mass is 490 g/mol. The lowest BCUT2D eigenvalue weighted by Gasteiger charge is -2.24. The molecule has 11 heteroatoms. The largest absolute Gasteiger partial charge is 0.444 e. The second-order valence-electron chi connectivity index (χ2n) is 8.77. The Morgan fingerprint density at radius 3 is 2.20 bits per heavy atom. The van der Waals surface area contributed by atoms with Gasteiger partial charge in [0.2, 0.25) is 5.91 Å². The van der Waals surface area contributed by atoms with Gasteiger partial charge in [0.1, 0.15) is 5.60 Å². The molecule has 0 saturated carbocycles. The van der Waals surface area contributed by atoms with Crippen LogP contribution in [0.2, 0.25) is 0 Å². The predicted molar refractivity (Wildman–Crippen MR) is 124 cm³/mol. The van der Waals surface area contributed by atoms with E-state index in [2.05, 4.69) is 10.6 Å². The van der Waals surface area contributed by atoms with E-state index in [1.54, 1.807) is 20.8 Å². The van der Waals surface area contributed by atoms with Crippen LogP contribution < -0.4 is 15.5 Å². The molecule has 0 fully saturated rings. The van der Waals surface area contributed by atoms with Crippen LogP contribution in [0.4, 0.5) is 35.0 Å². The predicted octanol–water partition coefficient (Wildman–Crippen LogP) is 5.20. The highest BCUT2D eigenvalue weighted by Crippen LogP contribution is 2.41. The number of hydrogen-bond acceptors (Lipinski definition) is 6. The molecule has 186 valence electrons. The normalized spacial score (nSPS) is 11.3. The van der Waals surface area contributed by atoms with Gasteiger partial charge in [0.25, 0.3) is 0 Å². The Morgan fingerprint density at radius 1 is 1.03 bits per heavy atom. The number of Topliss-reactive ketones (excluding diaryl/α,β-unsaturated/α-hetero) is 1. The molecule has 8 nitrogen and oxygen atoms in total. The number of carbonyl (C=O) groups excluding carboxylic acids is 3. The van der Waals surface area contributed by atoms with Gasteiger partial charge in [0.15, 0.2) is 5.78 Å². The van der Waals surface area contributed by atoms with Crippen LogP contribution in [0.25, 0.3) is 0 Å². The molecule has 2 aromatic rings. The average molecular weight is 490 g/mol. The maximum Gasteiger partial charge on any atom is 0.418 e. The first-order valence-electron chi connectivity index (χ1n) is 10.4. The first-order valence-corrected chi connectivity index (χ1v) is 10.4. The summed E-state index contributed by atoms with van der Waals surface area (Å²) in [6.45, 7) is 4.83. The van der Waals surface area contributed by atoms with Crippen molar-refractivity contribution in [1.29, 1.82) is 5.26 Å². The van der Waals surface area contributed by atoms with E-state index >= 15 is 0 Å². The fourth-order valence-corrected chi connectivity index (χ4v) is 3.01. The summed E-state index contributed by atoms with van der Waals surface area (Å²) >= 11 is 0. The number of ketones is 1. The minimum absolute atomic E-state index is 0.102. The number of nitriles is 1. The summed E-state index contributed by atoms with van der Waals surface area (Å²) in [5, 5.41) is 13.6. The van der Waals surface area contributed by atoms with Crippen molar-refractivity contribution in [3.63, 3.8) is 0 Å². The van der Waals surface area contributed by atoms with E-state index in [1.165, 1.54) is 43.3 Å². The summed E-state index contributed by atoms with van der Waals surface area (Å²) in [6, 6.07) is 9.29. The number of halogens is 3. The van der Waals surface area contributed by atoms with Crippen LogP contribution in [-0.4, -0.2) is 37.5 Å². The van der Waals surface area contributed by atoms with Gasteiger partial charge in [0.05, 0.1) is 40.7 Å². The van der Waals surface area contributed by atoms with Crippen LogP contribution in [-0.2, 0) is 15.7 Å². The second kappa shape index (κ2) is 10.5. The van der Waals surface area contributed by atoms with E-state index in [4.69, 9.17) is 10.00 Å². The minimum Gasteiger partial charge on any atom is -0.444 e. The molecular formula is C24H25F3N4O4. The molecule has 0 aliphatic rings. The molecule has 0 atom stereocenters. The van der Waals surface area contributed by atoms with E-state index < -0.39 is 41.5 Å². The Labute approximate surface area is 200 Å².